The van der Waals surface area contributed by atoms with Crippen molar-refractivity contribution in [1.29, 1.82) is 0 Å². The van der Waals surface area contributed by atoms with Crippen molar-refractivity contribution in [2.24, 2.45) is 0 Å². The highest BCUT2D eigenvalue weighted by Crippen LogP contribution is 2.33. The number of ether oxygens (including phenoxy) is 3. The zero-order valence-electron chi connectivity index (χ0n) is 19.7. The fraction of sp³-hybridized carbons (Fsp3) is 0.556. The number of amides is 1. The van der Waals surface area contributed by atoms with Crippen molar-refractivity contribution in [3.05, 3.63) is 23.3 Å². The van der Waals surface area contributed by atoms with E-state index in [2.05, 4.69) is 4.98 Å². The second-order valence-corrected chi connectivity index (χ2v) is 9.56. The van der Waals surface area contributed by atoms with Gasteiger partial charge in [0.15, 0.2) is 10.8 Å². The summed E-state index contributed by atoms with van der Waals surface area (Å²) in [6, 6.07) is 2.34. The third-order valence-corrected chi connectivity index (χ3v) is 6.10. The Morgan fingerprint density at radius 1 is 1.14 bits per heavy atom. The van der Waals surface area contributed by atoms with E-state index in [1.165, 1.54) is 15.3 Å². The maximum atomic E-state index is 13.1. The number of aromatic nitrogens is 1. The lowest BCUT2D eigenvalue weighted by molar-refractivity contribution is 0.0295. The van der Waals surface area contributed by atoms with Crippen LogP contribution in [0.5, 0.6) is 11.6 Å². The highest BCUT2D eigenvalue weighted by atomic mass is 32.2. The third kappa shape index (κ3) is 3.53. The standard InChI is InChI=1S/C18H23N3O6S/c1-18(2,3)27-17(22)20-8-12-10-21(11-13(12)9-20)28(23,24)15-5-4-14-16(19-15)26-7-6-25-14/h4-5H,6-11H2,1-3H3/i6D2,7D2. The summed E-state index contributed by atoms with van der Waals surface area (Å²) in [5, 5.41) is -0.372. The SMILES string of the molecule is [2H]C1([2H])Oc2ccc(S(=O)(=O)N3CC4=C(CN(C(=O)OC(C)(C)C)C4)C3)nc2OC1([2H])[2H]. The van der Waals surface area contributed by atoms with E-state index in [-0.39, 0.29) is 37.0 Å². The van der Waals surface area contributed by atoms with Crippen LogP contribution >= 0.6 is 0 Å². The quantitative estimate of drug-likeness (QED) is 0.676. The van der Waals surface area contributed by atoms with Crippen LogP contribution in [0.3, 0.4) is 0 Å². The number of rotatable bonds is 2. The third-order valence-electron chi connectivity index (χ3n) is 4.40. The van der Waals surface area contributed by atoms with E-state index in [1.54, 1.807) is 20.8 Å². The molecule has 0 aromatic carbocycles. The molecule has 4 rings (SSSR count). The largest absolute Gasteiger partial charge is 0.484 e. The Balaban J connectivity index is 1.48. The minimum atomic E-state index is -4.05. The molecule has 0 atom stereocenters. The highest BCUT2D eigenvalue weighted by molar-refractivity contribution is 7.89. The van der Waals surface area contributed by atoms with Gasteiger partial charge in [0.05, 0.1) is 5.48 Å². The van der Waals surface area contributed by atoms with Crippen molar-refractivity contribution in [1.82, 2.24) is 14.2 Å². The first-order valence-corrected chi connectivity index (χ1v) is 10.1. The molecule has 0 bridgehead atoms. The van der Waals surface area contributed by atoms with Crippen molar-refractivity contribution < 1.29 is 32.9 Å². The topological polar surface area (TPSA) is 98.3 Å². The number of carbonyl (C=O) groups excluding carboxylic acids is 1. The Bertz CT molecular complexity index is 1100. The zero-order valence-corrected chi connectivity index (χ0v) is 16.5. The Kier molecular flexibility index (Phi) is 3.46. The van der Waals surface area contributed by atoms with Crippen LogP contribution in [0.25, 0.3) is 0 Å². The van der Waals surface area contributed by atoms with Gasteiger partial charge < -0.3 is 19.1 Å². The van der Waals surface area contributed by atoms with E-state index in [9.17, 15) is 13.2 Å². The smallest absolute Gasteiger partial charge is 0.410 e. The summed E-state index contributed by atoms with van der Waals surface area (Å²) >= 11 is 0. The number of nitrogens with zero attached hydrogens (tertiary/aromatic N) is 3. The van der Waals surface area contributed by atoms with Gasteiger partial charge in [-0.25, -0.2) is 13.2 Å². The molecular weight excluding hydrogens is 386 g/mol. The Labute approximate surface area is 169 Å². The van der Waals surface area contributed by atoms with Crippen LogP contribution in [0.15, 0.2) is 28.3 Å². The normalized spacial score (nSPS) is 25.5. The monoisotopic (exact) mass is 413 g/mol. The van der Waals surface area contributed by atoms with Gasteiger partial charge in [0, 0.05) is 26.2 Å². The van der Waals surface area contributed by atoms with Crippen molar-refractivity contribution in [2.75, 3.05) is 39.3 Å². The summed E-state index contributed by atoms with van der Waals surface area (Å²) in [7, 11) is -4.05. The van der Waals surface area contributed by atoms with Crippen molar-refractivity contribution in [2.45, 2.75) is 31.4 Å². The molecule has 3 aliphatic rings. The number of pyridine rings is 1. The zero-order chi connectivity index (χ0) is 23.7. The first-order valence-electron chi connectivity index (χ1n) is 10.7. The van der Waals surface area contributed by atoms with E-state index in [1.807, 2.05) is 0 Å². The van der Waals surface area contributed by atoms with E-state index in [0.717, 1.165) is 17.2 Å². The maximum absolute atomic E-state index is 13.1. The molecule has 1 aromatic heterocycles. The van der Waals surface area contributed by atoms with Crippen molar-refractivity contribution in [3.8, 4) is 11.6 Å². The predicted molar refractivity (Wildman–Crippen MR) is 98.8 cm³/mol. The second-order valence-electron chi connectivity index (χ2n) is 7.68. The van der Waals surface area contributed by atoms with Gasteiger partial charge in [-0.1, -0.05) is 0 Å². The molecule has 0 radical (unpaired) electrons. The molecule has 0 N–H and O–H groups in total. The average Bonchev–Trinajstić information content (AvgIpc) is 3.19. The van der Waals surface area contributed by atoms with Gasteiger partial charge >= 0.3 is 6.09 Å². The number of hydrogen-bond acceptors (Lipinski definition) is 7. The molecule has 1 aromatic rings. The van der Waals surface area contributed by atoms with Crippen molar-refractivity contribution in [3.63, 3.8) is 0 Å². The maximum Gasteiger partial charge on any atom is 0.410 e. The molecule has 152 valence electrons. The van der Waals surface area contributed by atoms with Crippen LogP contribution < -0.4 is 9.47 Å². The molecule has 3 aliphatic heterocycles. The lowest BCUT2D eigenvalue weighted by Crippen LogP contribution is -2.39. The van der Waals surface area contributed by atoms with Crippen LogP contribution in [-0.4, -0.2) is 73.6 Å². The Morgan fingerprint density at radius 3 is 2.43 bits per heavy atom. The summed E-state index contributed by atoms with van der Waals surface area (Å²) in [6.07, 6.45) is -0.455. The highest BCUT2D eigenvalue weighted by Gasteiger charge is 2.39. The van der Waals surface area contributed by atoms with Crippen LogP contribution in [-0.2, 0) is 14.8 Å². The number of sulfonamides is 1. The molecule has 9 nitrogen and oxygen atoms in total. The van der Waals surface area contributed by atoms with E-state index < -0.39 is 40.7 Å². The minimum absolute atomic E-state index is 0.0937. The predicted octanol–water partition coefficient (Wildman–Crippen LogP) is 1.40. The first-order chi connectivity index (χ1) is 14.6. The number of hydrogen-bond donors (Lipinski definition) is 0. The van der Waals surface area contributed by atoms with Gasteiger partial charge in [-0.3, -0.25) is 0 Å². The van der Waals surface area contributed by atoms with Crippen LogP contribution in [0.1, 0.15) is 26.3 Å². The molecule has 0 saturated carbocycles. The minimum Gasteiger partial charge on any atom is -0.484 e. The summed E-state index contributed by atoms with van der Waals surface area (Å²) in [5.74, 6) is -0.638. The van der Waals surface area contributed by atoms with Gasteiger partial charge in [-0.15, -0.1) is 0 Å². The van der Waals surface area contributed by atoms with Gasteiger partial charge in [-0.05, 0) is 44.1 Å². The summed E-state index contributed by atoms with van der Waals surface area (Å²) in [5.41, 5.74) is 1.02. The molecular formula is C18H23N3O6S. The van der Waals surface area contributed by atoms with E-state index >= 15 is 0 Å². The molecule has 1 amide bonds. The second kappa shape index (κ2) is 6.63. The first kappa shape index (κ1) is 14.6. The van der Waals surface area contributed by atoms with Gasteiger partial charge in [0.2, 0.25) is 0 Å². The van der Waals surface area contributed by atoms with Gasteiger partial charge in [0.25, 0.3) is 15.9 Å². The number of carbonyl (C=O) groups is 1. The van der Waals surface area contributed by atoms with Gasteiger partial charge in [-0.2, -0.15) is 9.29 Å². The Hall–Kier alpha value is -2.33. The molecule has 0 spiro atoms. The summed E-state index contributed by atoms with van der Waals surface area (Å²) in [4.78, 5) is 17.7. The Morgan fingerprint density at radius 2 is 1.79 bits per heavy atom. The molecule has 4 heterocycles. The van der Waals surface area contributed by atoms with Crippen LogP contribution in [0.4, 0.5) is 4.79 Å². The molecule has 10 heteroatoms. The number of fused-ring (bicyclic) bond motifs is 1. The lowest BCUT2D eigenvalue weighted by atomic mass is 10.2. The fourth-order valence-corrected chi connectivity index (χ4v) is 4.51. The van der Waals surface area contributed by atoms with E-state index in [4.69, 9.17) is 19.7 Å². The summed E-state index contributed by atoms with van der Waals surface area (Å²) in [6.45, 7) is 0.453. The molecule has 0 unspecified atom stereocenters. The van der Waals surface area contributed by atoms with Crippen LogP contribution in [0.2, 0.25) is 0 Å². The molecule has 0 fully saturated rings. The average molecular weight is 413 g/mol. The molecule has 0 saturated heterocycles. The fourth-order valence-electron chi connectivity index (χ4n) is 3.15. The van der Waals surface area contributed by atoms with Crippen LogP contribution in [0, 0.1) is 0 Å². The molecule has 0 aliphatic carbocycles. The molecule has 28 heavy (non-hydrogen) atoms. The van der Waals surface area contributed by atoms with Crippen molar-refractivity contribution >= 4 is 16.1 Å². The van der Waals surface area contributed by atoms with Gasteiger partial charge in [0.1, 0.15) is 18.7 Å². The van der Waals surface area contributed by atoms with E-state index in [0.29, 0.717) is 0 Å². The lowest BCUT2D eigenvalue weighted by Gasteiger charge is -2.26. The summed E-state index contributed by atoms with van der Waals surface area (Å²) < 4.78 is 73.2.